The number of methoxy groups -OCH3 is 1. The van der Waals surface area contributed by atoms with E-state index < -0.39 is 17.8 Å². The molecule has 0 N–H and O–H groups in total. The highest BCUT2D eigenvalue weighted by atomic mass is 35.5. The number of carbonyl (C=O) groups excluding carboxylic acids is 2. The number of allylic oxidation sites excluding steroid dienone is 1. The van der Waals surface area contributed by atoms with Crippen molar-refractivity contribution in [1.29, 1.82) is 0 Å². The molecule has 2 aliphatic rings. The maximum Gasteiger partial charge on any atom is 0.336 e. The molecule has 4 rings (SSSR count). The third-order valence-corrected chi connectivity index (χ3v) is 6.66. The monoisotopic (exact) mass is 481 g/mol. The van der Waals surface area contributed by atoms with Gasteiger partial charge in [-0.25, -0.2) is 4.79 Å². The van der Waals surface area contributed by atoms with Crippen LogP contribution in [0.3, 0.4) is 0 Å². The van der Waals surface area contributed by atoms with Crippen LogP contribution in [-0.2, 0) is 20.9 Å². The standard InChI is InChI=1S/C27H28ClNO5/c1-4-33-27(31)24-16(2)29-20-10-7-11-21(30)26(20)25(24)17-12-13-22(23(14-17)32-3)34-15-18-8-5-6-9-19(18)28/h5-6,8-9,12-14,25-26H,4,7,10-11,15H2,1-3H3. The molecule has 1 heterocycles. The zero-order valence-electron chi connectivity index (χ0n) is 19.6. The SMILES string of the molecule is CCOC(=O)C1=C(C)N=C2CCCC(=O)C2C1c1ccc(OCc2ccccc2Cl)c(OC)c1. The number of halogens is 1. The summed E-state index contributed by atoms with van der Waals surface area (Å²) in [6.45, 7) is 4.10. The first-order chi connectivity index (χ1) is 16.4. The number of ketones is 1. The van der Waals surface area contributed by atoms with Gasteiger partial charge in [0.1, 0.15) is 12.4 Å². The van der Waals surface area contributed by atoms with Crippen LogP contribution in [0, 0.1) is 5.92 Å². The van der Waals surface area contributed by atoms with Gasteiger partial charge in [-0.2, -0.15) is 0 Å². The topological polar surface area (TPSA) is 74.2 Å². The summed E-state index contributed by atoms with van der Waals surface area (Å²) in [5.41, 5.74) is 3.52. The largest absolute Gasteiger partial charge is 0.493 e. The highest BCUT2D eigenvalue weighted by Gasteiger charge is 2.43. The maximum atomic E-state index is 13.0. The van der Waals surface area contributed by atoms with Crippen LogP contribution in [0.15, 0.2) is 58.7 Å². The van der Waals surface area contributed by atoms with Crippen molar-refractivity contribution in [2.75, 3.05) is 13.7 Å². The van der Waals surface area contributed by atoms with Crippen molar-refractivity contribution >= 4 is 29.1 Å². The summed E-state index contributed by atoms with van der Waals surface area (Å²) in [5.74, 6) is -0.240. The van der Waals surface area contributed by atoms with Gasteiger partial charge in [0.25, 0.3) is 0 Å². The van der Waals surface area contributed by atoms with Gasteiger partial charge in [-0.3, -0.25) is 9.79 Å². The molecule has 2 aromatic carbocycles. The average molecular weight is 482 g/mol. The quantitative estimate of drug-likeness (QED) is 0.476. The smallest absolute Gasteiger partial charge is 0.336 e. The van der Waals surface area contributed by atoms with Crippen LogP contribution in [0.2, 0.25) is 5.02 Å². The lowest BCUT2D eigenvalue weighted by atomic mass is 9.69. The van der Waals surface area contributed by atoms with E-state index in [1.165, 1.54) is 0 Å². The molecule has 6 nitrogen and oxygen atoms in total. The molecule has 178 valence electrons. The van der Waals surface area contributed by atoms with Gasteiger partial charge in [0.2, 0.25) is 0 Å². The molecule has 7 heteroatoms. The van der Waals surface area contributed by atoms with Crippen LogP contribution in [0.25, 0.3) is 0 Å². The average Bonchev–Trinajstić information content (AvgIpc) is 2.83. The highest BCUT2D eigenvalue weighted by Crippen LogP contribution is 2.45. The van der Waals surface area contributed by atoms with E-state index in [0.717, 1.165) is 29.7 Å². The molecular formula is C27H28ClNO5. The number of rotatable bonds is 7. The summed E-state index contributed by atoms with van der Waals surface area (Å²) in [5, 5.41) is 0.627. The Morgan fingerprint density at radius 2 is 1.91 bits per heavy atom. The van der Waals surface area contributed by atoms with Crippen LogP contribution >= 0.6 is 11.6 Å². The molecule has 2 atom stereocenters. The first-order valence-corrected chi connectivity index (χ1v) is 11.8. The lowest BCUT2D eigenvalue weighted by molar-refractivity contribution is -0.139. The molecule has 0 amide bonds. The van der Waals surface area contributed by atoms with Crippen LogP contribution in [0.1, 0.15) is 50.2 Å². The van der Waals surface area contributed by atoms with Crippen molar-refractivity contribution in [1.82, 2.24) is 0 Å². The fourth-order valence-electron chi connectivity index (χ4n) is 4.72. The minimum atomic E-state index is -0.481. The Labute approximate surface area is 204 Å². The molecule has 1 saturated carbocycles. The predicted molar refractivity (Wildman–Crippen MR) is 131 cm³/mol. The maximum absolute atomic E-state index is 13.0. The lowest BCUT2D eigenvalue weighted by Gasteiger charge is -2.35. The van der Waals surface area contributed by atoms with Crippen LogP contribution < -0.4 is 9.47 Å². The molecule has 0 saturated heterocycles. The van der Waals surface area contributed by atoms with Crippen molar-refractivity contribution < 1.29 is 23.8 Å². The van der Waals surface area contributed by atoms with Gasteiger partial charge in [0, 0.05) is 34.3 Å². The van der Waals surface area contributed by atoms with E-state index in [2.05, 4.69) is 4.99 Å². The van der Waals surface area contributed by atoms with Crippen molar-refractivity contribution in [3.05, 3.63) is 69.9 Å². The fourth-order valence-corrected chi connectivity index (χ4v) is 4.91. The van der Waals surface area contributed by atoms with E-state index in [4.69, 9.17) is 25.8 Å². The normalized spacial score (nSPS) is 19.9. The number of hydrogen-bond donors (Lipinski definition) is 0. The van der Waals surface area contributed by atoms with Crippen LogP contribution in [-0.4, -0.2) is 31.2 Å². The molecule has 2 aromatic rings. The third-order valence-electron chi connectivity index (χ3n) is 6.29. The van der Waals surface area contributed by atoms with E-state index in [1.807, 2.05) is 42.5 Å². The Kier molecular flexibility index (Phi) is 7.37. The summed E-state index contributed by atoms with van der Waals surface area (Å²) in [6, 6.07) is 13.0. The minimum Gasteiger partial charge on any atom is -0.493 e. The molecular weight excluding hydrogens is 454 g/mol. The minimum absolute atomic E-state index is 0.0994. The number of carbonyl (C=O) groups is 2. The number of ether oxygens (including phenoxy) is 3. The second-order valence-electron chi connectivity index (χ2n) is 8.39. The van der Waals surface area contributed by atoms with Crippen molar-refractivity contribution in [2.24, 2.45) is 10.9 Å². The second-order valence-corrected chi connectivity index (χ2v) is 8.80. The van der Waals surface area contributed by atoms with Gasteiger partial charge in [-0.15, -0.1) is 0 Å². The Balaban J connectivity index is 1.71. The number of esters is 1. The lowest BCUT2D eigenvalue weighted by Crippen LogP contribution is -2.39. The molecule has 0 aromatic heterocycles. The number of benzene rings is 2. The van der Waals surface area contributed by atoms with Gasteiger partial charge < -0.3 is 14.2 Å². The molecule has 1 fully saturated rings. The van der Waals surface area contributed by atoms with E-state index in [0.29, 0.717) is 34.2 Å². The van der Waals surface area contributed by atoms with Gasteiger partial charge in [0.05, 0.1) is 25.2 Å². The molecule has 1 aliphatic heterocycles. The number of Topliss-reactive ketones (excluding diaryl/α,β-unsaturated/α-hetero) is 1. The van der Waals surface area contributed by atoms with Crippen molar-refractivity contribution in [2.45, 2.75) is 45.6 Å². The Morgan fingerprint density at radius 1 is 1.12 bits per heavy atom. The Hall–Kier alpha value is -3.12. The molecule has 1 aliphatic carbocycles. The van der Waals surface area contributed by atoms with E-state index in [-0.39, 0.29) is 19.0 Å². The second kappa shape index (κ2) is 10.4. The number of nitrogens with zero attached hydrogens (tertiary/aromatic N) is 1. The first-order valence-electron chi connectivity index (χ1n) is 11.5. The van der Waals surface area contributed by atoms with Gasteiger partial charge in [-0.05, 0) is 50.5 Å². The predicted octanol–water partition coefficient (Wildman–Crippen LogP) is 5.67. The van der Waals surface area contributed by atoms with Gasteiger partial charge in [0.15, 0.2) is 11.5 Å². The molecule has 0 spiro atoms. The third kappa shape index (κ3) is 4.73. The Morgan fingerprint density at radius 3 is 2.65 bits per heavy atom. The number of hydrogen-bond acceptors (Lipinski definition) is 6. The zero-order valence-corrected chi connectivity index (χ0v) is 20.4. The van der Waals surface area contributed by atoms with E-state index in [1.54, 1.807) is 21.0 Å². The van der Waals surface area contributed by atoms with Crippen molar-refractivity contribution in [3.8, 4) is 11.5 Å². The summed E-state index contributed by atoms with van der Waals surface area (Å²) in [6.07, 6.45) is 2.00. The number of aliphatic imine (C=N–C) groups is 1. The molecule has 0 radical (unpaired) electrons. The Bertz CT molecular complexity index is 1170. The first kappa shape index (κ1) is 24.0. The summed E-state index contributed by atoms with van der Waals surface area (Å²) in [7, 11) is 1.56. The van der Waals surface area contributed by atoms with Gasteiger partial charge in [-0.1, -0.05) is 35.9 Å². The summed E-state index contributed by atoms with van der Waals surface area (Å²) >= 11 is 6.25. The number of fused-ring (bicyclic) bond motifs is 1. The van der Waals surface area contributed by atoms with E-state index in [9.17, 15) is 9.59 Å². The van der Waals surface area contributed by atoms with Gasteiger partial charge >= 0.3 is 5.97 Å². The summed E-state index contributed by atoms with van der Waals surface area (Å²) < 4.78 is 17.0. The molecule has 2 unspecified atom stereocenters. The van der Waals surface area contributed by atoms with Crippen LogP contribution in [0.5, 0.6) is 11.5 Å². The van der Waals surface area contributed by atoms with Crippen molar-refractivity contribution in [3.63, 3.8) is 0 Å². The van der Waals surface area contributed by atoms with Crippen LogP contribution in [0.4, 0.5) is 0 Å². The highest BCUT2D eigenvalue weighted by molar-refractivity contribution is 6.31. The molecule has 0 bridgehead atoms. The summed E-state index contributed by atoms with van der Waals surface area (Å²) in [4.78, 5) is 30.6. The molecule has 34 heavy (non-hydrogen) atoms. The van der Waals surface area contributed by atoms with E-state index >= 15 is 0 Å². The fraction of sp³-hybridized carbons (Fsp3) is 0.370. The zero-order chi connectivity index (χ0) is 24.2.